The monoisotopic (exact) mass is 190 g/mol. The van der Waals surface area contributed by atoms with E-state index in [0.29, 0.717) is 12.5 Å². The molecule has 4 nitrogen and oxygen atoms in total. The van der Waals surface area contributed by atoms with Gasteiger partial charge in [-0.25, -0.2) is 4.79 Å². The summed E-state index contributed by atoms with van der Waals surface area (Å²) in [6.07, 6.45) is 0.819. The van der Waals surface area contributed by atoms with Crippen molar-refractivity contribution in [3.8, 4) is 0 Å². The van der Waals surface area contributed by atoms with E-state index in [2.05, 4.69) is 9.78 Å². The van der Waals surface area contributed by atoms with Gasteiger partial charge in [-0.2, -0.15) is 4.89 Å². The molecule has 0 atom stereocenters. The van der Waals surface area contributed by atoms with Crippen LogP contribution in [0.25, 0.3) is 0 Å². The van der Waals surface area contributed by atoms with Crippen LogP contribution in [-0.4, -0.2) is 23.3 Å². The highest BCUT2D eigenvalue weighted by molar-refractivity contribution is 5.77. The zero-order chi connectivity index (χ0) is 10.5. The van der Waals surface area contributed by atoms with Crippen LogP contribution in [0.15, 0.2) is 0 Å². The number of hydrogen-bond acceptors (Lipinski definition) is 4. The second-order valence-corrected chi connectivity index (χ2v) is 3.93. The van der Waals surface area contributed by atoms with Crippen LogP contribution in [0, 0.1) is 5.92 Å². The lowest BCUT2D eigenvalue weighted by atomic mass is 10.1. The van der Waals surface area contributed by atoms with Gasteiger partial charge in [-0.3, -0.25) is 4.89 Å². The van der Waals surface area contributed by atoms with Crippen LogP contribution in [0.3, 0.4) is 0 Å². The first-order valence-electron chi connectivity index (χ1n) is 4.40. The van der Waals surface area contributed by atoms with E-state index in [4.69, 9.17) is 5.11 Å². The molecule has 0 saturated carbocycles. The van der Waals surface area contributed by atoms with Crippen LogP contribution in [0.5, 0.6) is 0 Å². The lowest BCUT2D eigenvalue weighted by molar-refractivity contribution is -0.284. The van der Waals surface area contributed by atoms with Gasteiger partial charge in [0, 0.05) is 0 Å². The molecule has 0 radical (unpaired) electrons. The quantitative estimate of drug-likeness (QED) is 0.403. The Bertz CT molecular complexity index is 157. The molecule has 0 aromatic heterocycles. The van der Waals surface area contributed by atoms with E-state index in [1.807, 2.05) is 13.8 Å². The Kier molecular flexibility index (Phi) is 4.95. The fourth-order valence-electron chi connectivity index (χ4n) is 0.481. The van der Waals surface area contributed by atoms with Crippen LogP contribution in [0.1, 0.15) is 34.1 Å². The predicted molar refractivity (Wildman–Crippen MR) is 47.8 cm³/mol. The highest BCUT2D eigenvalue weighted by Gasteiger charge is 2.26. The standard InChI is InChI=1S/C9H18O4/c1-7(2)5-6-12-13-8(10)9(3,4)11/h7,11H,5-6H2,1-4H3. The zero-order valence-corrected chi connectivity index (χ0v) is 8.66. The first-order chi connectivity index (χ1) is 5.84. The number of carbonyl (C=O) groups excluding carboxylic acids is 1. The van der Waals surface area contributed by atoms with E-state index in [0.717, 1.165) is 6.42 Å². The first kappa shape index (κ1) is 12.4. The fraction of sp³-hybridized carbons (Fsp3) is 0.889. The summed E-state index contributed by atoms with van der Waals surface area (Å²) in [4.78, 5) is 19.9. The van der Waals surface area contributed by atoms with Gasteiger partial charge in [-0.05, 0) is 26.2 Å². The minimum absolute atomic E-state index is 0.361. The summed E-state index contributed by atoms with van der Waals surface area (Å²) < 4.78 is 0. The molecule has 78 valence electrons. The molecule has 0 bridgehead atoms. The molecule has 0 aliphatic heterocycles. The number of aliphatic hydroxyl groups is 1. The van der Waals surface area contributed by atoms with Gasteiger partial charge in [0.05, 0.1) is 6.61 Å². The molecule has 0 spiro atoms. The van der Waals surface area contributed by atoms with Crippen LogP contribution < -0.4 is 0 Å². The van der Waals surface area contributed by atoms with Gasteiger partial charge in [0.1, 0.15) is 0 Å². The maximum absolute atomic E-state index is 10.9. The molecule has 0 aromatic carbocycles. The Labute approximate surface area is 78.8 Å². The third kappa shape index (κ3) is 6.54. The van der Waals surface area contributed by atoms with Gasteiger partial charge in [-0.15, -0.1) is 0 Å². The van der Waals surface area contributed by atoms with Crippen molar-refractivity contribution in [1.82, 2.24) is 0 Å². The molecule has 13 heavy (non-hydrogen) atoms. The van der Waals surface area contributed by atoms with Gasteiger partial charge in [0.2, 0.25) is 0 Å². The van der Waals surface area contributed by atoms with Gasteiger partial charge >= 0.3 is 5.97 Å². The smallest absolute Gasteiger partial charge is 0.372 e. The Morgan fingerprint density at radius 3 is 2.38 bits per heavy atom. The lowest BCUT2D eigenvalue weighted by Gasteiger charge is -2.14. The molecule has 0 rings (SSSR count). The lowest BCUT2D eigenvalue weighted by Crippen LogP contribution is -2.33. The van der Waals surface area contributed by atoms with Gasteiger partial charge in [-0.1, -0.05) is 13.8 Å². The van der Waals surface area contributed by atoms with E-state index in [-0.39, 0.29) is 0 Å². The van der Waals surface area contributed by atoms with Crippen molar-refractivity contribution in [1.29, 1.82) is 0 Å². The van der Waals surface area contributed by atoms with E-state index >= 15 is 0 Å². The summed E-state index contributed by atoms with van der Waals surface area (Å²) in [5.41, 5.74) is -1.49. The molecule has 0 aliphatic carbocycles. The minimum atomic E-state index is -1.49. The Hall–Kier alpha value is -0.610. The van der Waals surface area contributed by atoms with E-state index in [1.165, 1.54) is 13.8 Å². The summed E-state index contributed by atoms with van der Waals surface area (Å²) >= 11 is 0. The fourth-order valence-corrected chi connectivity index (χ4v) is 0.481. The Morgan fingerprint density at radius 1 is 1.46 bits per heavy atom. The molecule has 0 aromatic rings. The van der Waals surface area contributed by atoms with Gasteiger partial charge in [0.25, 0.3) is 0 Å². The van der Waals surface area contributed by atoms with Crippen molar-refractivity contribution in [3.05, 3.63) is 0 Å². The molecular weight excluding hydrogens is 172 g/mol. The van der Waals surface area contributed by atoms with Crippen LogP contribution in [-0.2, 0) is 14.6 Å². The molecule has 0 saturated heterocycles. The van der Waals surface area contributed by atoms with E-state index in [9.17, 15) is 4.79 Å². The molecule has 0 amide bonds. The highest BCUT2D eigenvalue weighted by Crippen LogP contribution is 2.05. The maximum atomic E-state index is 10.9. The SMILES string of the molecule is CC(C)CCOOC(=O)C(C)(C)O. The summed E-state index contributed by atoms with van der Waals surface area (Å²) in [5.74, 6) is -0.267. The van der Waals surface area contributed by atoms with Crippen molar-refractivity contribution < 1.29 is 19.7 Å². The van der Waals surface area contributed by atoms with Crippen molar-refractivity contribution in [2.75, 3.05) is 6.61 Å². The average molecular weight is 190 g/mol. The summed E-state index contributed by atoms with van der Waals surface area (Å²) in [6, 6.07) is 0. The van der Waals surface area contributed by atoms with Crippen molar-refractivity contribution in [2.45, 2.75) is 39.7 Å². The summed E-state index contributed by atoms with van der Waals surface area (Å²) in [6.45, 7) is 7.14. The zero-order valence-electron chi connectivity index (χ0n) is 8.66. The van der Waals surface area contributed by atoms with E-state index < -0.39 is 11.6 Å². The highest BCUT2D eigenvalue weighted by atomic mass is 17.2. The van der Waals surface area contributed by atoms with E-state index in [1.54, 1.807) is 0 Å². The van der Waals surface area contributed by atoms with Crippen LogP contribution in [0.2, 0.25) is 0 Å². The average Bonchev–Trinajstić information content (AvgIpc) is 1.95. The summed E-state index contributed by atoms with van der Waals surface area (Å²) in [5, 5.41) is 9.14. The maximum Gasteiger partial charge on any atom is 0.372 e. The number of rotatable bonds is 5. The van der Waals surface area contributed by atoms with Crippen LogP contribution >= 0.6 is 0 Å². The topological polar surface area (TPSA) is 55.8 Å². The first-order valence-corrected chi connectivity index (χ1v) is 4.40. The molecule has 0 fully saturated rings. The van der Waals surface area contributed by atoms with Crippen LogP contribution in [0.4, 0.5) is 0 Å². The Morgan fingerprint density at radius 2 is 2.00 bits per heavy atom. The molecule has 0 unspecified atom stereocenters. The normalized spacial score (nSPS) is 11.8. The van der Waals surface area contributed by atoms with Crippen molar-refractivity contribution in [3.63, 3.8) is 0 Å². The van der Waals surface area contributed by atoms with Crippen molar-refractivity contribution >= 4 is 5.97 Å². The molecule has 0 aliphatic rings. The van der Waals surface area contributed by atoms with Gasteiger partial charge in [0.15, 0.2) is 5.60 Å². The molecule has 1 N–H and O–H groups in total. The third-order valence-electron chi connectivity index (χ3n) is 1.41. The minimum Gasteiger partial charge on any atom is -0.379 e. The van der Waals surface area contributed by atoms with Gasteiger partial charge < -0.3 is 5.11 Å². The predicted octanol–water partition coefficient (Wildman–Crippen LogP) is 1.28. The molecular formula is C9H18O4. The Balaban J connectivity index is 3.49. The second-order valence-electron chi connectivity index (χ2n) is 3.93. The molecule has 4 heteroatoms. The number of hydrogen-bond donors (Lipinski definition) is 1. The number of carbonyl (C=O) groups is 1. The molecule has 0 heterocycles. The largest absolute Gasteiger partial charge is 0.379 e. The second kappa shape index (κ2) is 5.19. The van der Waals surface area contributed by atoms with Crippen molar-refractivity contribution in [2.24, 2.45) is 5.92 Å². The third-order valence-corrected chi connectivity index (χ3v) is 1.41. The summed E-state index contributed by atoms with van der Waals surface area (Å²) in [7, 11) is 0.